The van der Waals surface area contributed by atoms with Crippen LogP contribution in [0.25, 0.3) is 0 Å². The SMILES string of the molecule is Cn1ncnc1SCC(O)c1cccc(N)c1. The Morgan fingerprint density at radius 2 is 2.35 bits per heavy atom. The fraction of sp³-hybridized carbons (Fsp3) is 0.273. The quantitative estimate of drug-likeness (QED) is 0.630. The van der Waals surface area contributed by atoms with Crippen molar-refractivity contribution in [2.75, 3.05) is 11.5 Å². The summed E-state index contributed by atoms with van der Waals surface area (Å²) in [6.07, 6.45) is 0.940. The molecular weight excluding hydrogens is 236 g/mol. The van der Waals surface area contributed by atoms with Gasteiger partial charge >= 0.3 is 0 Å². The van der Waals surface area contributed by atoms with Crippen LogP contribution >= 0.6 is 11.8 Å². The Labute approximate surface area is 104 Å². The number of nitrogen functional groups attached to an aromatic ring is 1. The summed E-state index contributed by atoms with van der Waals surface area (Å²) in [6.45, 7) is 0. The molecule has 0 aliphatic rings. The van der Waals surface area contributed by atoms with Crippen molar-refractivity contribution in [2.45, 2.75) is 11.3 Å². The molecule has 0 saturated heterocycles. The first kappa shape index (κ1) is 11.9. The monoisotopic (exact) mass is 250 g/mol. The molecule has 0 saturated carbocycles. The maximum Gasteiger partial charge on any atom is 0.185 e. The van der Waals surface area contributed by atoms with E-state index in [-0.39, 0.29) is 0 Å². The van der Waals surface area contributed by atoms with Gasteiger partial charge in [-0.15, -0.1) is 0 Å². The van der Waals surface area contributed by atoms with E-state index in [2.05, 4.69) is 10.1 Å². The van der Waals surface area contributed by atoms with Gasteiger partial charge in [0.2, 0.25) is 0 Å². The highest BCUT2D eigenvalue weighted by Gasteiger charge is 2.10. The lowest BCUT2D eigenvalue weighted by Crippen LogP contribution is -2.03. The fourth-order valence-corrected chi connectivity index (χ4v) is 2.29. The number of nitrogens with zero attached hydrogens (tertiary/aromatic N) is 3. The molecule has 3 N–H and O–H groups in total. The van der Waals surface area contributed by atoms with Crippen LogP contribution in [0.3, 0.4) is 0 Å². The molecule has 90 valence electrons. The van der Waals surface area contributed by atoms with E-state index < -0.39 is 6.10 Å². The molecule has 17 heavy (non-hydrogen) atoms. The van der Waals surface area contributed by atoms with Crippen molar-refractivity contribution >= 4 is 17.4 Å². The lowest BCUT2D eigenvalue weighted by Gasteiger charge is -2.10. The van der Waals surface area contributed by atoms with Crippen LogP contribution in [0.1, 0.15) is 11.7 Å². The minimum atomic E-state index is -0.555. The molecule has 1 aromatic heterocycles. The van der Waals surface area contributed by atoms with E-state index in [1.165, 1.54) is 18.1 Å². The molecule has 0 radical (unpaired) electrons. The first-order valence-electron chi connectivity index (χ1n) is 5.17. The lowest BCUT2D eigenvalue weighted by molar-refractivity contribution is 0.204. The van der Waals surface area contributed by atoms with Gasteiger partial charge in [-0.05, 0) is 17.7 Å². The first-order chi connectivity index (χ1) is 8.16. The number of aliphatic hydroxyl groups is 1. The van der Waals surface area contributed by atoms with Gasteiger partial charge in [0.05, 0.1) is 6.10 Å². The summed E-state index contributed by atoms with van der Waals surface area (Å²) in [5.74, 6) is 0.524. The number of aromatic nitrogens is 3. The van der Waals surface area contributed by atoms with Gasteiger partial charge in [0.15, 0.2) is 5.16 Å². The van der Waals surface area contributed by atoms with Crippen molar-refractivity contribution in [3.8, 4) is 0 Å². The lowest BCUT2D eigenvalue weighted by atomic mass is 10.1. The van der Waals surface area contributed by atoms with Crippen molar-refractivity contribution in [3.63, 3.8) is 0 Å². The van der Waals surface area contributed by atoms with Crippen LogP contribution in [0.15, 0.2) is 35.7 Å². The van der Waals surface area contributed by atoms with E-state index in [4.69, 9.17) is 5.73 Å². The minimum absolute atomic E-state index is 0.524. The molecule has 1 unspecified atom stereocenters. The van der Waals surface area contributed by atoms with Crippen LogP contribution in [0, 0.1) is 0 Å². The molecule has 0 aliphatic carbocycles. The molecule has 6 heteroatoms. The predicted octanol–water partition coefficient (Wildman–Crippen LogP) is 1.22. The minimum Gasteiger partial charge on any atom is -0.399 e. The second-order valence-corrected chi connectivity index (χ2v) is 4.65. The Bertz CT molecular complexity index is 500. The number of rotatable bonds is 4. The van der Waals surface area contributed by atoms with Gasteiger partial charge in [0.1, 0.15) is 6.33 Å². The fourth-order valence-electron chi connectivity index (χ4n) is 1.43. The van der Waals surface area contributed by atoms with Crippen molar-refractivity contribution in [1.82, 2.24) is 14.8 Å². The number of aliphatic hydroxyl groups excluding tert-OH is 1. The Morgan fingerprint density at radius 3 is 3.00 bits per heavy atom. The summed E-state index contributed by atoms with van der Waals surface area (Å²) in [4.78, 5) is 4.08. The van der Waals surface area contributed by atoms with Gasteiger partial charge in [-0.25, -0.2) is 9.67 Å². The zero-order chi connectivity index (χ0) is 12.3. The van der Waals surface area contributed by atoms with E-state index in [0.29, 0.717) is 11.4 Å². The van der Waals surface area contributed by atoms with Gasteiger partial charge in [0, 0.05) is 18.5 Å². The van der Waals surface area contributed by atoms with Crippen LogP contribution < -0.4 is 5.73 Å². The Balaban J connectivity index is 1.98. The zero-order valence-corrected chi connectivity index (χ0v) is 10.3. The third-order valence-electron chi connectivity index (χ3n) is 2.34. The number of hydrogen-bond acceptors (Lipinski definition) is 5. The number of nitrogens with two attached hydrogens (primary N) is 1. The Kier molecular flexibility index (Phi) is 3.65. The molecule has 0 fully saturated rings. The second-order valence-electron chi connectivity index (χ2n) is 3.66. The smallest absolute Gasteiger partial charge is 0.185 e. The molecule has 0 aliphatic heterocycles. The highest BCUT2D eigenvalue weighted by molar-refractivity contribution is 7.99. The first-order valence-corrected chi connectivity index (χ1v) is 6.15. The van der Waals surface area contributed by atoms with Crippen molar-refractivity contribution < 1.29 is 5.11 Å². The molecule has 5 nitrogen and oxygen atoms in total. The highest BCUT2D eigenvalue weighted by Crippen LogP contribution is 2.23. The normalized spacial score (nSPS) is 12.6. The van der Waals surface area contributed by atoms with Gasteiger partial charge < -0.3 is 10.8 Å². The van der Waals surface area contributed by atoms with Gasteiger partial charge in [0.25, 0.3) is 0 Å². The summed E-state index contributed by atoms with van der Waals surface area (Å²) in [6, 6.07) is 7.27. The van der Waals surface area contributed by atoms with E-state index in [1.54, 1.807) is 16.8 Å². The third-order valence-corrected chi connectivity index (χ3v) is 3.45. The number of anilines is 1. The highest BCUT2D eigenvalue weighted by atomic mass is 32.2. The molecule has 2 rings (SSSR count). The third kappa shape index (κ3) is 2.98. The summed E-state index contributed by atoms with van der Waals surface area (Å²) in [5.41, 5.74) is 7.14. The Hall–Kier alpha value is -1.53. The average Bonchev–Trinajstić information content (AvgIpc) is 2.72. The maximum absolute atomic E-state index is 10.0. The topological polar surface area (TPSA) is 77.0 Å². The molecule has 1 aromatic carbocycles. The molecule has 0 spiro atoms. The van der Waals surface area contributed by atoms with Gasteiger partial charge in [-0.3, -0.25) is 0 Å². The number of hydrogen-bond donors (Lipinski definition) is 2. The average molecular weight is 250 g/mol. The standard InChI is InChI=1S/C11H14N4OS/c1-15-11(13-7-14-15)17-6-10(16)8-3-2-4-9(12)5-8/h2-5,7,10,16H,6,12H2,1H3. The van der Waals surface area contributed by atoms with Crippen molar-refractivity contribution in [1.29, 1.82) is 0 Å². The van der Waals surface area contributed by atoms with Crippen molar-refractivity contribution in [2.24, 2.45) is 7.05 Å². The molecular formula is C11H14N4OS. The van der Waals surface area contributed by atoms with Gasteiger partial charge in [-0.1, -0.05) is 23.9 Å². The number of thioether (sulfide) groups is 1. The summed E-state index contributed by atoms with van der Waals surface area (Å²) < 4.78 is 1.68. The number of aryl methyl sites for hydroxylation is 1. The van der Waals surface area contributed by atoms with Crippen LogP contribution in [-0.4, -0.2) is 25.6 Å². The maximum atomic E-state index is 10.0. The number of benzene rings is 1. The van der Waals surface area contributed by atoms with Gasteiger partial charge in [-0.2, -0.15) is 5.10 Å². The second kappa shape index (κ2) is 5.20. The largest absolute Gasteiger partial charge is 0.399 e. The predicted molar refractivity (Wildman–Crippen MR) is 67.5 cm³/mol. The summed E-state index contributed by atoms with van der Waals surface area (Å²) >= 11 is 1.46. The summed E-state index contributed by atoms with van der Waals surface area (Å²) in [5, 5.41) is 14.8. The van der Waals surface area contributed by atoms with Crippen LogP contribution in [0.2, 0.25) is 0 Å². The molecule has 2 aromatic rings. The van der Waals surface area contributed by atoms with Crippen LogP contribution in [0.4, 0.5) is 5.69 Å². The molecule has 1 heterocycles. The van der Waals surface area contributed by atoms with E-state index in [0.717, 1.165) is 10.7 Å². The zero-order valence-electron chi connectivity index (χ0n) is 9.45. The molecule has 0 amide bonds. The summed E-state index contributed by atoms with van der Waals surface area (Å²) in [7, 11) is 1.82. The molecule has 1 atom stereocenters. The Morgan fingerprint density at radius 1 is 1.53 bits per heavy atom. The van der Waals surface area contributed by atoms with E-state index in [9.17, 15) is 5.11 Å². The van der Waals surface area contributed by atoms with Crippen LogP contribution in [0.5, 0.6) is 0 Å². The van der Waals surface area contributed by atoms with Crippen molar-refractivity contribution in [3.05, 3.63) is 36.2 Å². The van der Waals surface area contributed by atoms with E-state index >= 15 is 0 Å². The van der Waals surface area contributed by atoms with Crippen LogP contribution in [-0.2, 0) is 7.05 Å². The van der Waals surface area contributed by atoms with E-state index in [1.807, 2.05) is 19.2 Å². The molecule has 0 bridgehead atoms.